The monoisotopic (exact) mass is 484 g/mol. The van der Waals surface area contributed by atoms with E-state index in [9.17, 15) is 13.2 Å². The number of nitrogens with zero attached hydrogens (tertiary/aromatic N) is 1. The number of benzene rings is 3. The molecule has 3 aromatic carbocycles. The van der Waals surface area contributed by atoms with Crippen LogP contribution in [0.3, 0.4) is 0 Å². The van der Waals surface area contributed by atoms with Crippen molar-refractivity contribution in [3.8, 4) is 23.0 Å². The van der Waals surface area contributed by atoms with Gasteiger partial charge in [0.2, 0.25) is 5.91 Å². The normalized spacial score (nSPS) is 11.1. The molecule has 0 aromatic heterocycles. The zero-order valence-electron chi connectivity index (χ0n) is 18.8. The van der Waals surface area contributed by atoms with Crippen molar-refractivity contribution in [2.75, 3.05) is 21.3 Å². The Kier molecular flexibility index (Phi) is 8.10. The van der Waals surface area contributed by atoms with Crippen LogP contribution in [0, 0.1) is 0 Å². The maximum atomic E-state index is 12.9. The summed E-state index contributed by atoms with van der Waals surface area (Å²) in [5, 5.41) is 3.93. The zero-order valence-corrected chi connectivity index (χ0v) is 19.7. The fourth-order valence-corrected chi connectivity index (χ4v) is 4.09. The van der Waals surface area contributed by atoms with Crippen molar-refractivity contribution in [3.05, 3.63) is 77.9 Å². The van der Waals surface area contributed by atoms with Crippen molar-refractivity contribution in [2.24, 2.45) is 5.10 Å². The van der Waals surface area contributed by atoms with Gasteiger partial charge in [0.1, 0.15) is 22.1 Å². The lowest BCUT2D eigenvalue weighted by Gasteiger charge is -2.13. The van der Waals surface area contributed by atoms with Crippen molar-refractivity contribution in [1.82, 2.24) is 5.43 Å². The number of amides is 1. The molecule has 0 heterocycles. The Morgan fingerprint density at radius 1 is 0.882 bits per heavy atom. The number of methoxy groups -OCH3 is 3. The third-order valence-electron chi connectivity index (χ3n) is 4.65. The van der Waals surface area contributed by atoms with Crippen LogP contribution in [0.15, 0.2) is 76.7 Å². The number of hydrogen-bond acceptors (Lipinski definition) is 8. The van der Waals surface area contributed by atoms with Crippen LogP contribution in [0.2, 0.25) is 0 Å². The summed E-state index contributed by atoms with van der Waals surface area (Å²) in [5.41, 5.74) is 3.53. The van der Waals surface area contributed by atoms with E-state index in [1.54, 1.807) is 49.6 Å². The lowest BCUT2D eigenvalue weighted by atomic mass is 10.1. The van der Waals surface area contributed by atoms with Crippen LogP contribution in [0.25, 0.3) is 0 Å². The molecular formula is C24H24N2O7S. The van der Waals surface area contributed by atoms with E-state index in [-0.39, 0.29) is 28.7 Å². The third kappa shape index (κ3) is 6.26. The van der Waals surface area contributed by atoms with E-state index < -0.39 is 10.1 Å². The molecule has 0 aliphatic carbocycles. The van der Waals surface area contributed by atoms with Crippen molar-refractivity contribution in [3.63, 3.8) is 0 Å². The van der Waals surface area contributed by atoms with Gasteiger partial charge >= 0.3 is 10.1 Å². The maximum absolute atomic E-state index is 12.9. The Hall–Kier alpha value is -4.05. The molecule has 0 radical (unpaired) electrons. The van der Waals surface area contributed by atoms with Crippen molar-refractivity contribution in [1.29, 1.82) is 0 Å². The van der Waals surface area contributed by atoms with E-state index in [0.29, 0.717) is 17.1 Å². The number of ether oxygens (including phenoxy) is 3. The van der Waals surface area contributed by atoms with Crippen LogP contribution in [0.4, 0.5) is 0 Å². The van der Waals surface area contributed by atoms with Crippen LogP contribution in [-0.2, 0) is 21.3 Å². The minimum absolute atomic E-state index is 0.0335. The summed E-state index contributed by atoms with van der Waals surface area (Å²) in [6.45, 7) is 0. The molecular weight excluding hydrogens is 460 g/mol. The summed E-state index contributed by atoms with van der Waals surface area (Å²) >= 11 is 0. The highest BCUT2D eigenvalue weighted by Crippen LogP contribution is 2.31. The first kappa shape index (κ1) is 24.6. The van der Waals surface area contributed by atoms with Crippen molar-refractivity contribution < 1.29 is 31.6 Å². The van der Waals surface area contributed by atoms with E-state index in [1.165, 1.54) is 44.7 Å². The summed E-state index contributed by atoms with van der Waals surface area (Å²) < 4.78 is 46.6. The fourth-order valence-electron chi connectivity index (χ4n) is 2.99. The van der Waals surface area contributed by atoms with E-state index in [4.69, 9.17) is 18.4 Å². The van der Waals surface area contributed by atoms with Gasteiger partial charge in [0.05, 0.1) is 34.0 Å². The number of nitrogens with one attached hydrogen (secondary N) is 1. The first-order valence-corrected chi connectivity index (χ1v) is 11.5. The molecule has 3 aromatic rings. The highest BCUT2D eigenvalue weighted by Gasteiger charge is 2.23. The Balaban J connectivity index is 1.73. The second kappa shape index (κ2) is 11.2. The molecule has 0 bridgehead atoms. The van der Waals surface area contributed by atoms with Gasteiger partial charge in [-0.25, -0.2) is 5.43 Å². The molecule has 0 unspecified atom stereocenters. The van der Waals surface area contributed by atoms with Gasteiger partial charge in [-0.3, -0.25) is 4.79 Å². The van der Waals surface area contributed by atoms with E-state index in [1.807, 2.05) is 0 Å². The Morgan fingerprint density at radius 3 is 2.35 bits per heavy atom. The highest BCUT2D eigenvalue weighted by molar-refractivity contribution is 7.87. The Morgan fingerprint density at radius 2 is 1.62 bits per heavy atom. The molecule has 10 heteroatoms. The number of para-hydroxylation sites is 1. The molecule has 9 nitrogen and oxygen atoms in total. The van der Waals surface area contributed by atoms with E-state index in [0.717, 1.165) is 5.56 Å². The lowest BCUT2D eigenvalue weighted by Crippen LogP contribution is -2.20. The summed E-state index contributed by atoms with van der Waals surface area (Å²) in [4.78, 5) is 12.0. The fraction of sp³-hybridized carbons (Fsp3) is 0.167. The van der Waals surface area contributed by atoms with Gasteiger partial charge < -0.3 is 18.4 Å². The van der Waals surface area contributed by atoms with Gasteiger partial charge in [-0.2, -0.15) is 13.5 Å². The minimum atomic E-state index is -4.23. The molecule has 34 heavy (non-hydrogen) atoms. The minimum Gasteiger partial charge on any atom is -0.497 e. The van der Waals surface area contributed by atoms with Crippen LogP contribution in [0.1, 0.15) is 11.1 Å². The molecule has 178 valence electrons. The van der Waals surface area contributed by atoms with Crippen molar-refractivity contribution in [2.45, 2.75) is 11.3 Å². The Labute approximate surface area is 198 Å². The average molecular weight is 485 g/mol. The SMILES string of the molecule is COc1cccc(CC(=O)NN=Cc2ccccc2OS(=O)(=O)c2ccc(OC)cc2OC)c1. The van der Waals surface area contributed by atoms with Crippen LogP contribution in [-0.4, -0.2) is 41.9 Å². The smallest absolute Gasteiger partial charge is 0.342 e. The first-order valence-electron chi connectivity index (χ1n) is 10.1. The number of hydrogen-bond donors (Lipinski definition) is 1. The molecule has 0 aliphatic rings. The Bertz CT molecular complexity index is 1290. The molecule has 0 saturated heterocycles. The number of rotatable bonds is 10. The second-order valence-corrected chi connectivity index (χ2v) is 8.43. The zero-order chi connectivity index (χ0) is 24.6. The van der Waals surface area contributed by atoms with Gasteiger partial charge in [0.25, 0.3) is 0 Å². The van der Waals surface area contributed by atoms with Crippen LogP contribution >= 0.6 is 0 Å². The average Bonchev–Trinajstić information content (AvgIpc) is 2.84. The predicted octanol–water partition coefficient (Wildman–Crippen LogP) is 3.17. The maximum Gasteiger partial charge on any atom is 0.342 e. The molecule has 0 aliphatic heterocycles. The topological polar surface area (TPSA) is 113 Å². The van der Waals surface area contributed by atoms with E-state index in [2.05, 4.69) is 10.5 Å². The first-order chi connectivity index (χ1) is 16.4. The largest absolute Gasteiger partial charge is 0.497 e. The number of carbonyl (C=O) groups excluding carboxylic acids is 1. The molecule has 1 N–H and O–H groups in total. The summed E-state index contributed by atoms with van der Waals surface area (Å²) in [6, 6.07) is 17.8. The molecule has 0 fully saturated rings. The standard InChI is InChI=1S/C24H24N2O7S/c1-30-19-9-6-7-17(13-19)14-24(27)26-25-16-18-8-4-5-10-21(18)33-34(28,29)23-12-11-20(31-2)15-22(23)32-3/h4-13,15-16H,14H2,1-3H3,(H,26,27). The lowest BCUT2D eigenvalue weighted by molar-refractivity contribution is -0.120. The van der Waals surface area contributed by atoms with Gasteiger partial charge in [0.15, 0.2) is 5.75 Å². The van der Waals surface area contributed by atoms with Gasteiger partial charge in [-0.05, 0) is 42.0 Å². The molecule has 0 atom stereocenters. The predicted molar refractivity (Wildman–Crippen MR) is 126 cm³/mol. The van der Waals surface area contributed by atoms with Crippen LogP contribution in [0.5, 0.6) is 23.0 Å². The highest BCUT2D eigenvalue weighted by atomic mass is 32.2. The molecule has 0 spiro atoms. The molecule has 1 amide bonds. The summed E-state index contributed by atoms with van der Waals surface area (Å²) in [6.07, 6.45) is 1.40. The van der Waals surface area contributed by atoms with Gasteiger partial charge in [0, 0.05) is 11.6 Å². The summed E-state index contributed by atoms with van der Waals surface area (Å²) in [5.74, 6) is 0.850. The molecule has 3 rings (SSSR count). The van der Waals surface area contributed by atoms with Crippen LogP contribution < -0.4 is 23.8 Å². The quantitative estimate of drug-likeness (QED) is 0.267. The van der Waals surface area contributed by atoms with Crippen molar-refractivity contribution >= 4 is 22.2 Å². The molecule has 0 saturated carbocycles. The van der Waals surface area contributed by atoms with E-state index >= 15 is 0 Å². The van der Waals surface area contributed by atoms with Gasteiger partial charge in [-0.15, -0.1) is 0 Å². The third-order valence-corrected chi connectivity index (χ3v) is 5.93. The second-order valence-electron chi connectivity index (χ2n) is 6.91. The summed E-state index contributed by atoms with van der Waals surface area (Å²) in [7, 11) is 0.128. The van der Waals surface area contributed by atoms with Gasteiger partial charge in [-0.1, -0.05) is 24.3 Å². The number of carbonyl (C=O) groups is 1. The number of hydrazone groups is 1.